The lowest BCUT2D eigenvalue weighted by Crippen LogP contribution is -2.35. The molecule has 0 aromatic heterocycles. The molecular weight excluding hydrogens is 232 g/mol. The minimum atomic E-state index is -0.153. The second-order valence-corrected chi connectivity index (χ2v) is 4.11. The molecule has 7 heteroatoms. The monoisotopic (exact) mass is 250 g/mol. The smallest absolute Gasteiger partial charge is 0.253 e. The Balaban J connectivity index is 3.28. The number of hydrazone groups is 1. The molecule has 0 fully saturated rings. The van der Waals surface area contributed by atoms with Crippen LogP contribution in [0.4, 0.5) is 5.69 Å². The van der Waals surface area contributed by atoms with Crippen LogP contribution in [0, 0.1) is 0 Å². The molecular formula is C11H18N6O. The van der Waals surface area contributed by atoms with Gasteiger partial charge in [-0.3, -0.25) is 9.80 Å². The van der Waals surface area contributed by atoms with Crippen LogP contribution >= 0.6 is 0 Å². The van der Waals surface area contributed by atoms with Gasteiger partial charge in [-0.05, 0) is 18.2 Å². The maximum absolute atomic E-state index is 11.9. The van der Waals surface area contributed by atoms with Crippen LogP contribution in [0.2, 0.25) is 0 Å². The zero-order valence-electron chi connectivity index (χ0n) is 10.7. The van der Waals surface area contributed by atoms with Gasteiger partial charge in [0.25, 0.3) is 5.91 Å². The number of anilines is 1. The number of hydrazine groups is 1. The van der Waals surface area contributed by atoms with Gasteiger partial charge in [0.1, 0.15) is 0 Å². The second kappa shape index (κ2) is 5.37. The third kappa shape index (κ3) is 2.89. The Bertz CT molecular complexity index is 480. The number of benzene rings is 1. The summed E-state index contributed by atoms with van der Waals surface area (Å²) >= 11 is 0. The number of nitrogen functional groups attached to an aromatic ring is 1. The van der Waals surface area contributed by atoms with Crippen LogP contribution in [0.5, 0.6) is 0 Å². The Morgan fingerprint density at radius 2 is 1.72 bits per heavy atom. The highest BCUT2D eigenvalue weighted by atomic mass is 16.2. The summed E-state index contributed by atoms with van der Waals surface area (Å²) in [6, 6.07) is 4.89. The van der Waals surface area contributed by atoms with E-state index in [4.69, 9.17) is 17.4 Å². The average Bonchev–Trinajstić information content (AvgIpc) is 2.27. The maximum Gasteiger partial charge on any atom is 0.253 e. The Hall–Kier alpha value is -2.28. The molecule has 18 heavy (non-hydrogen) atoms. The minimum absolute atomic E-state index is 0.153. The molecule has 6 N–H and O–H groups in total. The van der Waals surface area contributed by atoms with Crippen molar-refractivity contribution in [2.45, 2.75) is 0 Å². The van der Waals surface area contributed by atoms with Gasteiger partial charge in [-0.25, -0.2) is 5.84 Å². The number of carbonyl (C=O) groups excluding carboxylic acids is 1. The molecule has 0 aliphatic heterocycles. The van der Waals surface area contributed by atoms with E-state index in [1.807, 2.05) is 0 Å². The first-order valence-electron chi connectivity index (χ1n) is 5.25. The van der Waals surface area contributed by atoms with E-state index < -0.39 is 0 Å². The van der Waals surface area contributed by atoms with Crippen molar-refractivity contribution in [3.8, 4) is 0 Å². The number of hydrogen-bond acceptors (Lipinski definition) is 5. The average molecular weight is 250 g/mol. The highest BCUT2D eigenvalue weighted by molar-refractivity contribution is 6.02. The van der Waals surface area contributed by atoms with E-state index in [0.29, 0.717) is 22.6 Å². The first-order valence-corrected chi connectivity index (χ1v) is 5.25. The third-order valence-corrected chi connectivity index (χ3v) is 2.32. The number of hydrogen-bond donors (Lipinski definition) is 3. The number of nitrogens with two attached hydrogens (primary N) is 3. The Labute approximate surface area is 106 Å². The van der Waals surface area contributed by atoms with Crippen LogP contribution in [-0.2, 0) is 0 Å². The van der Waals surface area contributed by atoms with Crippen molar-refractivity contribution >= 4 is 17.4 Å². The first kappa shape index (κ1) is 13.8. The molecule has 1 rings (SSSR count). The summed E-state index contributed by atoms with van der Waals surface area (Å²) < 4.78 is 0. The molecule has 1 aromatic rings. The number of nitrogens with zero attached hydrogens (tertiary/aromatic N) is 3. The van der Waals surface area contributed by atoms with Crippen LogP contribution in [0.15, 0.2) is 23.3 Å². The molecule has 0 heterocycles. The van der Waals surface area contributed by atoms with Gasteiger partial charge in [0.15, 0.2) is 5.84 Å². The largest absolute Gasteiger partial charge is 0.399 e. The van der Waals surface area contributed by atoms with Crippen LogP contribution in [-0.4, -0.2) is 42.8 Å². The molecule has 0 aliphatic carbocycles. The summed E-state index contributed by atoms with van der Waals surface area (Å²) in [4.78, 5) is 13.3. The van der Waals surface area contributed by atoms with Gasteiger partial charge in [-0.2, -0.15) is 5.10 Å². The zero-order valence-corrected chi connectivity index (χ0v) is 10.7. The van der Waals surface area contributed by atoms with E-state index in [1.54, 1.807) is 39.3 Å². The lowest BCUT2D eigenvalue weighted by molar-refractivity contribution is 0.0827. The standard InChI is InChI=1S/C11H18N6O/c1-16(2)11(18)8-4-7(5-9(12)6-8)10(15-13)17(3)14/h4-6H,12-14H2,1-3H3/b15-10-. The molecule has 0 saturated carbocycles. The van der Waals surface area contributed by atoms with Crippen molar-refractivity contribution in [3.63, 3.8) is 0 Å². The van der Waals surface area contributed by atoms with Crippen LogP contribution in [0.3, 0.4) is 0 Å². The summed E-state index contributed by atoms with van der Waals surface area (Å²) in [7, 11) is 4.93. The third-order valence-electron chi connectivity index (χ3n) is 2.32. The van der Waals surface area contributed by atoms with Gasteiger partial charge < -0.3 is 16.5 Å². The van der Waals surface area contributed by atoms with Crippen molar-refractivity contribution in [2.24, 2.45) is 16.8 Å². The fraction of sp³-hybridized carbons (Fsp3) is 0.273. The van der Waals surface area contributed by atoms with Gasteiger partial charge >= 0.3 is 0 Å². The number of amides is 1. The molecule has 0 radical (unpaired) electrons. The van der Waals surface area contributed by atoms with Gasteiger partial charge in [0.2, 0.25) is 0 Å². The summed E-state index contributed by atoms with van der Waals surface area (Å²) in [6.45, 7) is 0. The van der Waals surface area contributed by atoms with Crippen molar-refractivity contribution in [3.05, 3.63) is 29.3 Å². The van der Waals surface area contributed by atoms with Crippen LogP contribution in [0.1, 0.15) is 15.9 Å². The first-order chi connectivity index (χ1) is 8.36. The summed E-state index contributed by atoms with van der Waals surface area (Å²) in [5, 5.41) is 4.84. The minimum Gasteiger partial charge on any atom is -0.399 e. The topological polar surface area (TPSA) is 114 Å². The van der Waals surface area contributed by atoms with Crippen LogP contribution in [0.25, 0.3) is 0 Å². The molecule has 7 nitrogen and oxygen atoms in total. The molecule has 0 spiro atoms. The number of rotatable bonds is 2. The molecule has 98 valence electrons. The predicted octanol–water partition coefficient (Wildman–Crippen LogP) is -0.604. The molecule has 0 atom stereocenters. The van der Waals surface area contributed by atoms with Gasteiger partial charge in [-0.1, -0.05) is 0 Å². The van der Waals surface area contributed by atoms with E-state index in [1.165, 1.54) is 9.91 Å². The molecule has 0 aliphatic rings. The SMILES string of the molecule is CN(C)C(=O)c1cc(N)cc(/C(=N/N)N(C)N)c1. The quantitative estimate of drug-likeness (QED) is 0.213. The highest BCUT2D eigenvalue weighted by Gasteiger charge is 2.13. The summed E-state index contributed by atoms with van der Waals surface area (Å²) in [5.74, 6) is 11.1. The molecule has 0 bridgehead atoms. The predicted molar refractivity (Wildman–Crippen MR) is 71.5 cm³/mol. The van der Waals surface area contributed by atoms with Crippen molar-refractivity contribution in [2.75, 3.05) is 26.9 Å². The van der Waals surface area contributed by atoms with Gasteiger partial charge in [0.05, 0.1) is 0 Å². The van der Waals surface area contributed by atoms with Crippen molar-refractivity contribution in [1.29, 1.82) is 0 Å². The van der Waals surface area contributed by atoms with E-state index >= 15 is 0 Å². The lowest BCUT2D eigenvalue weighted by Gasteiger charge is -2.16. The molecule has 0 unspecified atom stereocenters. The van der Waals surface area contributed by atoms with Gasteiger partial charge in [-0.15, -0.1) is 0 Å². The van der Waals surface area contributed by atoms with Crippen molar-refractivity contribution in [1.82, 2.24) is 9.91 Å². The Kier molecular flexibility index (Phi) is 4.11. The fourth-order valence-corrected chi connectivity index (χ4v) is 1.53. The van der Waals surface area contributed by atoms with Crippen molar-refractivity contribution < 1.29 is 4.79 Å². The second-order valence-electron chi connectivity index (χ2n) is 4.11. The van der Waals surface area contributed by atoms with Crippen LogP contribution < -0.4 is 17.4 Å². The summed E-state index contributed by atoms with van der Waals surface area (Å²) in [6.07, 6.45) is 0. The fourth-order valence-electron chi connectivity index (χ4n) is 1.53. The van der Waals surface area contributed by atoms with Gasteiger partial charge in [0, 0.05) is 38.0 Å². The Morgan fingerprint density at radius 1 is 1.17 bits per heavy atom. The number of amidine groups is 1. The normalized spacial score (nSPS) is 11.2. The Morgan fingerprint density at radius 3 is 2.17 bits per heavy atom. The van der Waals surface area contributed by atoms with E-state index in [2.05, 4.69) is 5.10 Å². The number of carbonyl (C=O) groups is 1. The molecule has 1 aromatic carbocycles. The maximum atomic E-state index is 11.9. The summed E-state index contributed by atoms with van der Waals surface area (Å²) in [5.41, 5.74) is 7.26. The highest BCUT2D eigenvalue weighted by Crippen LogP contribution is 2.14. The van der Waals surface area contributed by atoms with E-state index in [0.717, 1.165) is 0 Å². The van der Waals surface area contributed by atoms with E-state index in [9.17, 15) is 4.79 Å². The zero-order chi connectivity index (χ0) is 13.9. The molecule has 1 amide bonds. The molecule has 0 saturated heterocycles. The lowest BCUT2D eigenvalue weighted by atomic mass is 10.1. The van der Waals surface area contributed by atoms with E-state index in [-0.39, 0.29) is 5.91 Å².